The minimum absolute atomic E-state index is 0.136. The van der Waals surface area contributed by atoms with Gasteiger partial charge in [-0.15, -0.1) is 0 Å². The number of alkyl halides is 1. The third-order valence-electron chi connectivity index (χ3n) is 2.37. The van der Waals surface area contributed by atoms with E-state index in [1.54, 1.807) is 7.11 Å². The van der Waals surface area contributed by atoms with E-state index in [1.807, 2.05) is 7.05 Å². The van der Waals surface area contributed by atoms with Crippen molar-refractivity contribution in [1.29, 1.82) is 0 Å². The lowest BCUT2D eigenvalue weighted by Crippen LogP contribution is -2.11. The molecule has 0 aliphatic carbocycles. The van der Waals surface area contributed by atoms with E-state index < -0.39 is 0 Å². The van der Waals surface area contributed by atoms with E-state index in [4.69, 9.17) is 4.74 Å². The Morgan fingerprint density at radius 2 is 1.86 bits per heavy atom. The monoisotopic (exact) mass is 257 g/mol. The second-order valence-corrected chi connectivity index (χ2v) is 4.25. The second kappa shape index (κ2) is 4.80. The third-order valence-corrected chi connectivity index (χ3v) is 3.32. The minimum atomic E-state index is 0.136. The van der Waals surface area contributed by atoms with Crippen LogP contribution in [0.15, 0.2) is 12.1 Å². The van der Waals surface area contributed by atoms with Gasteiger partial charge in [-0.2, -0.15) is 0 Å². The molecular weight excluding hydrogens is 242 g/mol. The highest BCUT2D eigenvalue weighted by Crippen LogP contribution is 2.31. The van der Waals surface area contributed by atoms with Gasteiger partial charge in [0.25, 0.3) is 0 Å². The summed E-state index contributed by atoms with van der Waals surface area (Å²) in [5.41, 5.74) is 3.67. The molecule has 0 aliphatic heterocycles. The fraction of sp³-hybridized carbons (Fsp3) is 0.455. The Kier molecular flexibility index (Phi) is 3.96. The van der Waals surface area contributed by atoms with Gasteiger partial charge in [-0.1, -0.05) is 15.9 Å². The van der Waals surface area contributed by atoms with Gasteiger partial charge in [0.15, 0.2) is 0 Å². The molecule has 0 aromatic heterocycles. The number of aryl methyl sites for hydroxylation is 2. The zero-order chi connectivity index (χ0) is 10.7. The first-order chi connectivity index (χ1) is 6.60. The van der Waals surface area contributed by atoms with Crippen molar-refractivity contribution in [1.82, 2.24) is 5.32 Å². The van der Waals surface area contributed by atoms with Crippen LogP contribution in [0.1, 0.15) is 21.6 Å². The molecule has 1 rings (SSSR count). The topological polar surface area (TPSA) is 21.3 Å². The summed E-state index contributed by atoms with van der Waals surface area (Å²) in [5.74, 6) is 0.921. The highest BCUT2D eigenvalue weighted by molar-refractivity contribution is 9.09. The maximum atomic E-state index is 5.33. The number of methoxy groups -OCH3 is 1. The SMILES string of the molecule is CNC(Br)c1cc(C)c(C)cc1OC. The van der Waals surface area contributed by atoms with Gasteiger partial charge in [-0.25, -0.2) is 0 Å². The van der Waals surface area contributed by atoms with Crippen LogP contribution in [0.25, 0.3) is 0 Å². The summed E-state index contributed by atoms with van der Waals surface area (Å²) >= 11 is 3.54. The Morgan fingerprint density at radius 1 is 1.29 bits per heavy atom. The molecule has 0 amide bonds. The summed E-state index contributed by atoms with van der Waals surface area (Å²) in [6, 6.07) is 4.21. The summed E-state index contributed by atoms with van der Waals surface area (Å²) in [4.78, 5) is 0.136. The van der Waals surface area contributed by atoms with Crippen LogP contribution in [-0.2, 0) is 0 Å². The first-order valence-corrected chi connectivity index (χ1v) is 5.48. The van der Waals surface area contributed by atoms with Crippen LogP contribution in [0.5, 0.6) is 5.75 Å². The average molecular weight is 258 g/mol. The summed E-state index contributed by atoms with van der Waals surface area (Å²) in [6.45, 7) is 4.19. The van der Waals surface area contributed by atoms with Gasteiger partial charge in [-0.05, 0) is 44.2 Å². The molecule has 0 saturated heterocycles. The van der Waals surface area contributed by atoms with Crippen molar-refractivity contribution in [2.75, 3.05) is 14.2 Å². The normalized spacial score (nSPS) is 12.6. The average Bonchev–Trinajstić information content (AvgIpc) is 2.20. The van der Waals surface area contributed by atoms with Crippen molar-refractivity contribution < 1.29 is 4.74 Å². The molecule has 78 valence electrons. The van der Waals surface area contributed by atoms with E-state index in [-0.39, 0.29) is 4.95 Å². The van der Waals surface area contributed by atoms with Crippen LogP contribution in [0.4, 0.5) is 0 Å². The van der Waals surface area contributed by atoms with Gasteiger partial charge >= 0.3 is 0 Å². The van der Waals surface area contributed by atoms with Gasteiger partial charge in [-0.3, -0.25) is 0 Å². The Morgan fingerprint density at radius 3 is 2.36 bits per heavy atom. The maximum Gasteiger partial charge on any atom is 0.124 e. The molecule has 2 nitrogen and oxygen atoms in total. The summed E-state index contributed by atoms with van der Waals surface area (Å²) in [5, 5.41) is 3.14. The van der Waals surface area contributed by atoms with Crippen LogP contribution in [0, 0.1) is 13.8 Å². The van der Waals surface area contributed by atoms with E-state index in [0.717, 1.165) is 11.3 Å². The van der Waals surface area contributed by atoms with E-state index in [1.165, 1.54) is 11.1 Å². The lowest BCUT2D eigenvalue weighted by atomic mass is 10.1. The zero-order valence-electron chi connectivity index (χ0n) is 9.02. The molecule has 0 radical (unpaired) electrons. The number of benzene rings is 1. The molecule has 1 aromatic carbocycles. The van der Waals surface area contributed by atoms with Crippen molar-refractivity contribution in [2.45, 2.75) is 18.8 Å². The van der Waals surface area contributed by atoms with Gasteiger partial charge in [0, 0.05) is 5.56 Å². The number of hydrogen-bond acceptors (Lipinski definition) is 2. The molecule has 0 saturated carbocycles. The molecular formula is C11H16BrNO. The van der Waals surface area contributed by atoms with Crippen LogP contribution < -0.4 is 10.1 Å². The molecule has 0 spiro atoms. The number of rotatable bonds is 3. The standard InChI is InChI=1S/C11H16BrNO/c1-7-5-9(11(12)13-3)10(14-4)6-8(7)2/h5-6,11,13H,1-4H3. The van der Waals surface area contributed by atoms with E-state index in [2.05, 4.69) is 47.2 Å². The van der Waals surface area contributed by atoms with Crippen molar-refractivity contribution in [3.05, 3.63) is 28.8 Å². The Balaban J connectivity index is 3.19. The molecule has 3 heteroatoms. The molecule has 1 N–H and O–H groups in total. The molecule has 14 heavy (non-hydrogen) atoms. The van der Waals surface area contributed by atoms with Gasteiger partial charge < -0.3 is 10.1 Å². The zero-order valence-corrected chi connectivity index (χ0v) is 10.6. The predicted octanol–water partition coefficient (Wildman–Crippen LogP) is 2.92. The predicted molar refractivity (Wildman–Crippen MR) is 63.2 cm³/mol. The van der Waals surface area contributed by atoms with Crippen LogP contribution in [-0.4, -0.2) is 14.2 Å². The maximum absolute atomic E-state index is 5.33. The Hall–Kier alpha value is -0.540. The minimum Gasteiger partial charge on any atom is -0.496 e. The van der Waals surface area contributed by atoms with Crippen LogP contribution in [0.3, 0.4) is 0 Å². The molecule has 0 heterocycles. The molecule has 0 aliphatic rings. The quantitative estimate of drug-likeness (QED) is 0.664. The van der Waals surface area contributed by atoms with Crippen molar-refractivity contribution >= 4 is 15.9 Å². The van der Waals surface area contributed by atoms with E-state index >= 15 is 0 Å². The highest BCUT2D eigenvalue weighted by atomic mass is 79.9. The Labute approximate surface area is 93.8 Å². The van der Waals surface area contributed by atoms with E-state index in [0.29, 0.717) is 0 Å². The molecule has 0 bridgehead atoms. The van der Waals surface area contributed by atoms with Crippen molar-refractivity contribution in [3.63, 3.8) is 0 Å². The first-order valence-electron chi connectivity index (χ1n) is 4.56. The first kappa shape index (κ1) is 11.5. The lowest BCUT2D eigenvalue weighted by Gasteiger charge is -2.15. The largest absolute Gasteiger partial charge is 0.496 e. The smallest absolute Gasteiger partial charge is 0.124 e. The summed E-state index contributed by atoms with van der Waals surface area (Å²) in [7, 11) is 3.61. The summed E-state index contributed by atoms with van der Waals surface area (Å²) < 4.78 is 5.33. The van der Waals surface area contributed by atoms with Crippen molar-refractivity contribution in [2.24, 2.45) is 0 Å². The highest BCUT2D eigenvalue weighted by Gasteiger charge is 2.12. The molecule has 1 atom stereocenters. The molecule has 1 aromatic rings. The van der Waals surface area contributed by atoms with Gasteiger partial charge in [0.1, 0.15) is 5.75 Å². The number of hydrogen-bond donors (Lipinski definition) is 1. The van der Waals surface area contributed by atoms with Crippen LogP contribution in [0.2, 0.25) is 0 Å². The number of nitrogens with one attached hydrogen (secondary N) is 1. The van der Waals surface area contributed by atoms with Crippen LogP contribution >= 0.6 is 15.9 Å². The Bertz CT molecular complexity index is 325. The lowest BCUT2D eigenvalue weighted by molar-refractivity contribution is 0.408. The molecule has 0 fully saturated rings. The van der Waals surface area contributed by atoms with Gasteiger partial charge in [0.2, 0.25) is 0 Å². The van der Waals surface area contributed by atoms with Crippen molar-refractivity contribution in [3.8, 4) is 5.75 Å². The fourth-order valence-corrected chi connectivity index (χ4v) is 1.70. The molecule has 1 unspecified atom stereocenters. The summed E-state index contributed by atoms with van der Waals surface area (Å²) in [6.07, 6.45) is 0. The number of halogens is 1. The third kappa shape index (κ3) is 2.28. The fourth-order valence-electron chi connectivity index (χ4n) is 1.34. The van der Waals surface area contributed by atoms with Gasteiger partial charge in [0.05, 0.1) is 12.1 Å². The number of ether oxygens (including phenoxy) is 1. The van der Waals surface area contributed by atoms with E-state index in [9.17, 15) is 0 Å². The second-order valence-electron chi connectivity index (χ2n) is 3.33.